The Labute approximate surface area is 189 Å². The lowest BCUT2D eigenvalue weighted by molar-refractivity contribution is 0.183. The second-order valence-electron chi connectivity index (χ2n) is 6.86. The lowest BCUT2D eigenvalue weighted by Crippen LogP contribution is -2.47. The first-order valence-electron chi connectivity index (χ1n) is 9.56. The van der Waals surface area contributed by atoms with Crippen molar-refractivity contribution in [3.05, 3.63) is 52.9 Å². The third-order valence-electron chi connectivity index (χ3n) is 5.05. The highest BCUT2D eigenvalue weighted by atomic mass is 32.1. The minimum absolute atomic E-state index is 0.0383. The van der Waals surface area contributed by atoms with Crippen LogP contribution >= 0.6 is 23.6 Å². The Morgan fingerprint density at radius 2 is 2.16 bits per heavy atom. The third kappa shape index (κ3) is 4.14. The van der Waals surface area contributed by atoms with E-state index in [1.165, 1.54) is 7.11 Å². The van der Waals surface area contributed by atoms with Gasteiger partial charge in [-0.05, 0) is 48.3 Å². The molecule has 8 nitrogen and oxygen atoms in total. The summed E-state index contributed by atoms with van der Waals surface area (Å²) in [4.78, 5) is 7.51. The fourth-order valence-corrected chi connectivity index (χ4v) is 4.48. The minimum atomic E-state index is -0.389. The molecule has 1 aromatic carbocycles. The molecule has 0 saturated carbocycles. The molecular formula is C21H22N4O4S2. The zero-order chi connectivity index (χ0) is 22.0. The fraction of sp³-hybridized carbons (Fsp3) is 0.286. The van der Waals surface area contributed by atoms with Gasteiger partial charge < -0.3 is 29.3 Å². The number of rotatable bonds is 7. The SMILES string of the molecule is COCCN1C(=S)NC(c2ccc(OC)c(O)c2)C(c2nc(-c3cccs3)no2)=C1C. The van der Waals surface area contributed by atoms with E-state index in [-0.39, 0.29) is 11.8 Å². The molecule has 1 atom stereocenters. The van der Waals surface area contributed by atoms with Gasteiger partial charge in [-0.3, -0.25) is 0 Å². The summed E-state index contributed by atoms with van der Waals surface area (Å²) < 4.78 is 16.1. The number of nitrogens with one attached hydrogen (secondary N) is 1. The number of hydrogen-bond acceptors (Lipinski definition) is 8. The number of hydrogen-bond donors (Lipinski definition) is 2. The van der Waals surface area contributed by atoms with Gasteiger partial charge in [-0.2, -0.15) is 4.98 Å². The molecule has 4 rings (SSSR count). The van der Waals surface area contributed by atoms with Gasteiger partial charge in [0.15, 0.2) is 16.6 Å². The first kappa shape index (κ1) is 21.3. The molecule has 0 fully saturated rings. The van der Waals surface area contributed by atoms with Crippen molar-refractivity contribution in [1.82, 2.24) is 20.4 Å². The van der Waals surface area contributed by atoms with Crippen molar-refractivity contribution in [2.75, 3.05) is 27.4 Å². The van der Waals surface area contributed by atoms with Gasteiger partial charge in [0.05, 0.1) is 30.2 Å². The first-order valence-corrected chi connectivity index (χ1v) is 10.8. The monoisotopic (exact) mass is 458 g/mol. The molecule has 0 radical (unpaired) electrons. The normalized spacial score (nSPS) is 16.5. The zero-order valence-corrected chi connectivity index (χ0v) is 18.9. The van der Waals surface area contributed by atoms with E-state index in [0.717, 1.165) is 21.7 Å². The van der Waals surface area contributed by atoms with E-state index in [2.05, 4.69) is 15.5 Å². The molecule has 162 valence electrons. The van der Waals surface area contributed by atoms with Crippen molar-refractivity contribution >= 4 is 34.2 Å². The van der Waals surface area contributed by atoms with Crippen molar-refractivity contribution < 1.29 is 19.1 Å². The standard InChI is InChI=1S/C21H22N4O4S2/c1-12-17(20-23-19(24-29-20)16-5-4-10-31-16)18(22-21(30)25(12)8-9-27-2)13-6-7-15(28-3)14(26)11-13/h4-7,10-11,18,26H,8-9H2,1-3H3,(H,22,30). The Balaban J connectivity index is 1.80. The zero-order valence-electron chi connectivity index (χ0n) is 17.3. The number of aromatic hydroxyl groups is 1. The summed E-state index contributed by atoms with van der Waals surface area (Å²) in [6, 6.07) is 8.72. The lowest BCUT2D eigenvalue weighted by atomic mass is 9.94. The topological polar surface area (TPSA) is 92.9 Å². The molecule has 1 aliphatic heterocycles. The minimum Gasteiger partial charge on any atom is -0.504 e. The second kappa shape index (κ2) is 9.04. The molecular weight excluding hydrogens is 436 g/mol. The number of benzene rings is 1. The molecule has 3 heterocycles. The van der Waals surface area contributed by atoms with E-state index in [1.54, 1.807) is 30.6 Å². The molecule has 1 aliphatic rings. The number of thiocarbonyl (C=S) groups is 1. The Morgan fingerprint density at radius 3 is 2.84 bits per heavy atom. The van der Waals surface area contributed by atoms with Gasteiger partial charge in [0, 0.05) is 19.4 Å². The van der Waals surface area contributed by atoms with E-state index in [1.807, 2.05) is 35.4 Å². The summed E-state index contributed by atoms with van der Waals surface area (Å²) in [5.41, 5.74) is 2.45. The van der Waals surface area contributed by atoms with Crippen LogP contribution in [-0.4, -0.2) is 52.6 Å². The van der Waals surface area contributed by atoms with Crippen molar-refractivity contribution in [3.63, 3.8) is 0 Å². The van der Waals surface area contributed by atoms with E-state index < -0.39 is 0 Å². The number of thiophene rings is 1. The summed E-state index contributed by atoms with van der Waals surface area (Å²) in [5, 5.41) is 20.4. The van der Waals surface area contributed by atoms with Gasteiger partial charge in [0.2, 0.25) is 5.82 Å². The highest BCUT2D eigenvalue weighted by Crippen LogP contribution is 2.39. The van der Waals surface area contributed by atoms with Gasteiger partial charge >= 0.3 is 0 Å². The van der Waals surface area contributed by atoms with Crippen LogP contribution in [0.25, 0.3) is 16.3 Å². The highest BCUT2D eigenvalue weighted by molar-refractivity contribution is 7.80. The van der Waals surface area contributed by atoms with E-state index in [0.29, 0.717) is 35.7 Å². The van der Waals surface area contributed by atoms with Crippen molar-refractivity contribution in [2.24, 2.45) is 0 Å². The molecule has 2 N–H and O–H groups in total. The number of aromatic nitrogens is 2. The molecule has 0 saturated heterocycles. The Kier molecular flexibility index (Phi) is 6.21. The maximum absolute atomic E-state index is 10.3. The van der Waals surface area contributed by atoms with Crippen LogP contribution in [0.1, 0.15) is 24.4 Å². The number of nitrogens with zero attached hydrogens (tertiary/aromatic N) is 3. The maximum atomic E-state index is 10.3. The Bertz CT molecular complexity index is 1110. The van der Waals surface area contributed by atoms with Gasteiger partial charge in [0.25, 0.3) is 5.89 Å². The lowest BCUT2D eigenvalue weighted by Gasteiger charge is -2.37. The second-order valence-corrected chi connectivity index (χ2v) is 8.19. The maximum Gasteiger partial charge on any atom is 0.258 e. The van der Waals surface area contributed by atoms with Crippen LogP contribution in [0.2, 0.25) is 0 Å². The van der Waals surface area contributed by atoms with Crippen LogP contribution in [-0.2, 0) is 4.74 Å². The van der Waals surface area contributed by atoms with Gasteiger partial charge in [-0.25, -0.2) is 0 Å². The number of methoxy groups -OCH3 is 2. The van der Waals surface area contributed by atoms with Gasteiger partial charge in [-0.15, -0.1) is 11.3 Å². The molecule has 10 heteroatoms. The number of ether oxygens (including phenoxy) is 2. The first-order chi connectivity index (χ1) is 15.0. The summed E-state index contributed by atoms with van der Waals surface area (Å²) in [6.07, 6.45) is 0. The average molecular weight is 459 g/mol. The van der Waals surface area contributed by atoms with Crippen molar-refractivity contribution in [3.8, 4) is 22.2 Å². The number of allylic oxidation sites excluding steroid dienone is 1. The smallest absolute Gasteiger partial charge is 0.258 e. The largest absolute Gasteiger partial charge is 0.504 e. The molecule has 0 aliphatic carbocycles. The Morgan fingerprint density at radius 1 is 1.32 bits per heavy atom. The van der Waals surface area contributed by atoms with Crippen LogP contribution in [0, 0.1) is 0 Å². The van der Waals surface area contributed by atoms with Crippen LogP contribution < -0.4 is 10.1 Å². The van der Waals surface area contributed by atoms with E-state index >= 15 is 0 Å². The number of phenolic OH excluding ortho intramolecular Hbond substituents is 1. The van der Waals surface area contributed by atoms with Crippen molar-refractivity contribution in [2.45, 2.75) is 13.0 Å². The van der Waals surface area contributed by atoms with Crippen LogP contribution in [0.3, 0.4) is 0 Å². The summed E-state index contributed by atoms with van der Waals surface area (Å²) in [6.45, 7) is 3.04. The van der Waals surface area contributed by atoms with Crippen LogP contribution in [0.5, 0.6) is 11.5 Å². The molecule has 2 aromatic heterocycles. The molecule has 0 bridgehead atoms. The number of phenols is 1. The van der Waals surface area contributed by atoms with E-state index in [9.17, 15) is 5.11 Å². The summed E-state index contributed by atoms with van der Waals surface area (Å²) in [7, 11) is 3.16. The molecule has 3 aromatic rings. The molecule has 1 unspecified atom stereocenters. The molecule has 31 heavy (non-hydrogen) atoms. The van der Waals surface area contributed by atoms with Crippen LogP contribution in [0.4, 0.5) is 0 Å². The highest BCUT2D eigenvalue weighted by Gasteiger charge is 2.34. The fourth-order valence-electron chi connectivity index (χ4n) is 3.49. The summed E-state index contributed by atoms with van der Waals surface area (Å²) in [5.74, 6) is 1.34. The molecule has 0 spiro atoms. The van der Waals surface area contributed by atoms with E-state index in [4.69, 9.17) is 26.2 Å². The van der Waals surface area contributed by atoms with Crippen LogP contribution in [0.15, 0.2) is 45.9 Å². The predicted octanol–water partition coefficient (Wildman–Crippen LogP) is 3.82. The quantitative estimate of drug-likeness (QED) is 0.513. The Hall–Kier alpha value is -2.95. The van der Waals surface area contributed by atoms with Crippen molar-refractivity contribution in [1.29, 1.82) is 0 Å². The third-order valence-corrected chi connectivity index (χ3v) is 6.25. The van der Waals surface area contributed by atoms with Gasteiger partial charge in [0.1, 0.15) is 0 Å². The van der Waals surface area contributed by atoms with Gasteiger partial charge in [-0.1, -0.05) is 17.3 Å². The molecule has 0 amide bonds. The summed E-state index contributed by atoms with van der Waals surface area (Å²) >= 11 is 7.16. The predicted molar refractivity (Wildman–Crippen MR) is 122 cm³/mol. The average Bonchev–Trinajstić information content (AvgIpc) is 3.45.